The Labute approximate surface area is 140 Å². The summed E-state index contributed by atoms with van der Waals surface area (Å²) in [6.07, 6.45) is 2.21. The van der Waals surface area contributed by atoms with E-state index >= 15 is 0 Å². The molecule has 2 rings (SSSR count). The summed E-state index contributed by atoms with van der Waals surface area (Å²) < 4.78 is 6.23. The number of hydrogen-bond donors (Lipinski definition) is 0. The van der Waals surface area contributed by atoms with E-state index in [-0.39, 0.29) is 0 Å². The van der Waals surface area contributed by atoms with E-state index in [1.807, 2.05) is 30.3 Å². The molecule has 0 aliphatic carbocycles. The van der Waals surface area contributed by atoms with Crippen LogP contribution < -0.4 is 0 Å². The van der Waals surface area contributed by atoms with Crippen molar-refractivity contribution in [1.82, 2.24) is 14.3 Å². The quantitative estimate of drug-likeness (QED) is 0.563. The van der Waals surface area contributed by atoms with E-state index in [4.69, 9.17) is 12.2 Å². The molecule has 21 heavy (non-hydrogen) atoms. The second-order valence-electron chi connectivity index (χ2n) is 4.60. The molecular formula is C15H19N3S3. The summed E-state index contributed by atoms with van der Waals surface area (Å²) in [7, 11) is 0. The summed E-state index contributed by atoms with van der Waals surface area (Å²) in [5.41, 5.74) is 1.05. The summed E-state index contributed by atoms with van der Waals surface area (Å²) >= 11 is 8.51. The van der Waals surface area contributed by atoms with Crippen LogP contribution in [0.25, 0.3) is 11.4 Å². The summed E-state index contributed by atoms with van der Waals surface area (Å²) in [5, 5.41) is 0. The summed E-state index contributed by atoms with van der Waals surface area (Å²) in [6.45, 7) is 6.36. The van der Waals surface area contributed by atoms with E-state index in [1.54, 1.807) is 11.8 Å². The fraction of sp³-hybridized carbons (Fsp3) is 0.400. The molecule has 0 unspecified atom stereocenters. The predicted octanol–water partition coefficient (Wildman–Crippen LogP) is 4.70. The lowest BCUT2D eigenvalue weighted by Crippen LogP contribution is -2.28. The van der Waals surface area contributed by atoms with Crippen LogP contribution in [0.2, 0.25) is 0 Å². The molecule has 0 atom stereocenters. The summed E-state index contributed by atoms with van der Waals surface area (Å²) in [4.78, 5) is 6.83. The SMILES string of the molecule is CCCN(CCC)C(=S)Sc1nc(-c2ccccc2)ns1. The molecular weight excluding hydrogens is 318 g/mol. The molecule has 0 saturated heterocycles. The lowest BCUT2D eigenvalue weighted by atomic mass is 10.2. The highest BCUT2D eigenvalue weighted by atomic mass is 32.2. The van der Waals surface area contributed by atoms with Crippen molar-refractivity contribution in [2.45, 2.75) is 31.0 Å². The first-order chi connectivity index (χ1) is 10.2. The lowest BCUT2D eigenvalue weighted by Gasteiger charge is -2.22. The molecule has 0 radical (unpaired) electrons. The second kappa shape index (κ2) is 8.46. The molecule has 0 saturated carbocycles. The Morgan fingerprint density at radius 2 is 1.86 bits per heavy atom. The monoisotopic (exact) mass is 337 g/mol. The molecule has 6 heteroatoms. The normalized spacial score (nSPS) is 10.6. The maximum absolute atomic E-state index is 5.54. The number of thiocarbonyl (C=S) groups is 1. The van der Waals surface area contributed by atoms with Crippen LogP contribution in [0, 0.1) is 0 Å². The standard InChI is InChI=1S/C15H19N3S3/c1-3-10-18(11-4-2)15(19)20-14-16-13(17-21-14)12-8-6-5-7-9-12/h5-9H,3-4,10-11H2,1-2H3. The topological polar surface area (TPSA) is 29.0 Å². The van der Waals surface area contributed by atoms with Crippen LogP contribution in [0.5, 0.6) is 0 Å². The number of hydrogen-bond acceptors (Lipinski definition) is 5. The Balaban J connectivity index is 2.03. The highest BCUT2D eigenvalue weighted by molar-refractivity contribution is 8.23. The van der Waals surface area contributed by atoms with Crippen molar-refractivity contribution in [2.24, 2.45) is 0 Å². The molecule has 112 valence electrons. The zero-order valence-electron chi connectivity index (χ0n) is 12.3. The van der Waals surface area contributed by atoms with Crippen LogP contribution in [-0.4, -0.2) is 31.7 Å². The number of aromatic nitrogens is 2. The minimum absolute atomic E-state index is 0.781. The van der Waals surface area contributed by atoms with Gasteiger partial charge in [0.15, 0.2) is 10.2 Å². The maximum atomic E-state index is 5.54. The first kappa shape index (κ1) is 16.4. The zero-order valence-corrected chi connectivity index (χ0v) is 14.7. The van der Waals surface area contributed by atoms with Gasteiger partial charge in [-0.25, -0.2) is 4.98 Å². The third-order valence-electron chi connectivity index (χ3n) is 2.86. The van der Waals surface area contributed by atoms with Gasteiger partial charge in [-0.15, -0.1) is 0 Å². The van der Waals surface area contributed by atoms with Crippen molar-refractivity contribution in [2.75, 3.05) is 13.1 Å². The van der Waals surface area contributed by atoms with Gasteiger partial charge < -0.3 is 4.90 Å². The smallest absolute Gasteiger partial charge is 0.177 e. The molecule has 3 nitrogen and oxygen atoms in total. The second-order valence-corrected chi connectivity index (χ2v) is 7.24. The largest absolute Gasteiger partial charge is 0.357 e. The predicted molar refractivity (Wildman–Crippen MR) is 96.0 cm³/mol. The van der Waals surface area contributed by atoms with Crippen LogP contribution in [0.4, 0.5) is 0 Å². The summed E-state index contributed by atoms with van der Waals surface area (Å²) in [5.74, 6) is 0.781. The third-order valence-corrected chi connectivity index (χ3v) is 5.05. The first-order valence-electron chi connectivity index (χ1n) is 7.10. The van der Waals surface area contributed by atoms with E-state index in [2.05, 4.69) is 28.1 Å². The van der Waals surface area contributed by atoms with E-state index in [0.717, 1.165) is 46.0 Å². The van der Waals surface area contributed by atoms with E-state index < -0.39 is 0 Å². The Morgan fingerprint density at radius 3 is 2.48 bits per heavy atom. The zero-order chi connectivity index (χ0) is 15.1. The van der Waals surface area contributed by atoms with Crippen LogP contribution in [0.15, 0.2) is 34.7 Å². The highest BCUT2D eigenvalue weighted by Crippen LogP contribution is 2.27. The minimum atomic E-state index is 0.781. The fourth-order valence-corrected chi connectivity index (χ4v) is 4.04. The van der Waals surface area contributed by atoms with Gasteiger partial charge in [-0.05, 0) is 36.1 Å². The minimum Gasteiger partial charge on any atom is -0.357 e. The van der Waals surface area contributed by atoms with Crippen molar-refractivity contribution in [3.63, 3.8) is 0 Å². The molecule has 0 amide bonds. The fourth-order valence-electron chi connectivity index (χ4n) is 1.93. The van der Waals surface area contributed by atoms with Crippen LogP contribution >= 0.6 is 35.5 Å². The molecule has 0 spiro atoms. The molecule has 0 fully saturated rings. The number of nitrogens with zero attached hydrogens (tertiary/aromatic N) is 3. The average Bonchev–Trinajstić information content (AvgIpc) is 2.96. The van der Waals surface area contributed by atoms with Gasteiger partial charge in [0.25, 0.3) is 0 Å². The van der Waals surface area contributed by atoms with Gasteiger partial charge in [-0.2, -0.15) is 4.37 Å². The van der Waals surface area contributed by atoms with E-state index in [9.17, 15) is 0 Å². The maximum Gasteiger partial charge on any atom is 0.177 e. The van der Waals surface area contributed by atoms with Gasteiger partial charge in [0.1, 0.15) is 4.32 Å². The van der Waals surface area contributed by atoms with Gasteiger partial charge >= 0.3 is 0 Å². The summed E-state index contributed by atoms with van der Waals surface area (Å²) in [6, 6.07) is 10.0. The third kappa shape index (κ3) is 4.76. The van der Waals surface area contributed by atoms with Crippen molar-refractivity contribution in [1.29, 1.82) is 0 Å². The molecule has 1 aromatic carbocycles. The lowest BCUT2D eigenvalue weighted by molar-refractivity contribution is 0.430. The van der Waals surface area contributed by atoms with Crippen LogP contribution in [0.3, 0.4) is 0 Å². The van der Waals surface area contributed by atoms with Gasteiger partial charge in [-0.1, -0.05) is 56.4 Å². The number of benzene rings is 1. The molecule has 0 bridgehead atoms. The Bertz CT molecular complexity index is 563. The molecule has 1 heterocycles. The average molecular weight is 338 g/mol. The highest BCUT2D eigenvalue weighted by Gasteiger charge is 2.13. The van der Waals surface area contributed by atoms with E-state index in [0.29, 0.717) is 0 Å². The number of rotatable bonds is 6. The van der Waals surface area contributed by atoms with Crippen molar-refractivity contribution >= 4 is 39.8 Å². The van der Waals surface area contributed by atoms with Gasteiger partial charge in [0.2, 0.25) is 0 Å². The first-order valence-corrected chi connectivity index (χ1v) is 9.10. The van der Waals surface area contributed by atoms with Gasteiger partial charge in [0, 0.05) is 18.7 Å². The van der Waals surface area contributed by atoms with Crippen LogP contribution in [0.1, 0.15) is 26.7 Å². The van der Waals surface area contributed by atoms with Crippen molar-refractivity contribution in [3.05, 3.63) is 30.3 Å². The van der Waals surface area contributed by atoms with Crippen molar-refractivity contribution < 1.29 is 0 Å². The van der Waals surface area contributed by atoms with E-state index in [1.165, 1.54) is 11.5 Å². The van der Waals surface area contributed by atoms with Gasteiger partial charge in [0.05, 0.1) is 0 Å². The van der Waals surface area contributed by atoms with Gasteiger partial charge in [-0.3, -0.25) is 0 Å². The Hall–Kier alpha value is -0.980. The Morgan fingerprint density at radius 1 is 1.19 bits per heavy atom. The molecule has 0 aliphatic rings. The van der Waals surface area contributed by atoms with Crippen LogP contribution in [-0.2, 0) is 0 Å². The number of thioether (sulfide) groups is 1. The molecule has 1 aromatic heterocycles. The Kier molecular flexibility index (Phi) is 6.60. The molecule has 2 aromatic rings. The van der Waals surface area contributed by atoms with Crippen molar-refractivity contribution in [3.8, 4) is 11.4 Å². The molecule has 0 N–H and O–H groups in total. The molecule has 0 aliphatic heterocycles.